The van der Waals surface area contributed by atoms with Gasteiger partial charge in [-0.2, -0.15) is 0 Å². The van der Waals surface area contributed by atoms with Gasteiger partial charge in [0.2, 0.25) is 5.91 Å². The zero-order valence-corrected chi connectivity index (χ0v) is 20.1. The van der Waals surface area contributed by atoms with Gasteiger partial charge in [-0.1, -0.05) is 6.07 Å². The molecule has 3 rings (SSSR count). The van der Waals surface area contributed by atoms with Gasteiger partial charge in [0.05, 0.1) is 13.7 Å². The van der Waals surface area contributed by atoms with Crippen LogP contribution < -0.4 is 10.5 Å². The maximum absolute atomic E-state index is 13.3. The standard InChI is InChI=1S/C25H39N3O4/c1-25(2,3)32-24(30)28(17-18-10-12-27(13-11-18)23(29)16-26)21-7-5-6-19-8-9-22(31-4)15-20(19)14-21/h8-9,15,18,21H,5-7,10-14,16-17,26H2,1-4H3. The number of hydrogen-bond donors (Lipinski definition) is 1. The first-order chi connectivity index (χ1) is 15.2. The molecular formula is C25H39N3O4. The minimum Gasteiger partial charge on any atom is -0.497 e. The number of hydrogen-bond acceptors (Lipinski definition) is 5. The number of carbonyl (C=O) groups is 2. The summed E-state index contributed by atoms with van der Waals surface area (Å²) in [7, 11) is 1.69. The van der Waals surface area contributed by atoms with E-state index in [1.165, 1.54) is 11.1 Å². The number of carbonyl (C=O) groups excluding carboxylic acids is 2. The van der Waals surface area contributed by atoms with Crippen molar-refractivity contribution in [3.63, 3.8) is 0 Å². The van der Waals surface area contributed by atoms with Crippen LogP contribution in [0.3, 0.4) is 0 Å². The topological polar surface area (TPSA) is 85.1 Å². The Kier molecular flexibility index (Phi) is 8.04. The number of nitrogens with zero attached hydrogens (tertiary/aromatic N) is 2. The predicted octanol–water partition coefficient (Wildman–Crippen LogP) is 3.38. The summed E-state index contributed by atoms with van der Waals surface area (Å²) in [6, 6.07) is 6.36. The highest BCUT2D eigenvalue weighted by atomic mass is 16.6. The monoisotopic (exact) mass is 445 g/mol. The van der Waals surface area contributed by atoms with Crippen molar-refractivity contribution in [1.82, 2.24) is 9.80 Å². The molecule has 1 aromatic carbocycles. The SMILES string of the molecule is COc1ccc2c(c1)CC(N(CC1CCN(C(=O)CN)CC1)C(=O)OC(C)(C)C)CCC2. The van der Waals surface area contributed by atoms with Crippen molar-refractivity contribution < 1.29 is 19.1 Å². The van der Waals surface area contributed by atoms with Crippen molar-refractivity contribution >= 4 is 12.0 Å². The van der Waals surface area contributed by atoms with Gasteiger partial charge in [0.1, 0.15) is 11.4 Å². The van der Waals surface area contributed by atoms with Crippen LogP contribution in [0.5, 0.6) is 5.75 Å². The molecule has 1 saturated heterocycles. The third-order valence-electron chi connectivity index (χ3n) is 6.52. The van der Waals surface area contributed by atoms with E-state index >= 15 is 0 Å². The highest BCUT2D eigenvalue weighted by molar-refractivity contribution is 5.78. The van der Waals surface area contributed by atoms with Crippen molar-refractivity contribution in [1.29, 1.82) is 0 Å². The fraction of sp³-hybridized carbons (Fsp3) is 0.680. The lowest BCUT2D eigenvalue weighted by molar-refractivity contribution is -0.131. The smallest absolute Gasteiger partial charge is 0.410 e. The van der Waals surface area contributed by atoms with Crippen LogP contribution in [0, 0.1) is 5.92 Å². The lowest BCUT2D eigenvalue weighted by atomic mass is 9.94. The maximum atomic E-state index is 13.3. The van der Waals surface area contributed by atoms with Crippen LogP contribution in [0.25, 0.3) is 0 Å². The van der Waals surface area contributed by atoms with E-state index < -0.39 is 5.60 Å². The zero-order chi connectivity index (χ0) is 23.3. The number of likely N-dealkylation sites (tertiary alicyclic amines) is 1. The molecule has 1 fully saturated rings. The lowest BCUT2D eigenvalue weighted by Gasteiger charge is -2.38. The minimum absolute atomic E-state index is 0.00164. The summed E-state index contributed by atoms with van der Waals surface area (Å²) in [5.74, 6) is 1.20. The summed E-state index contributed by atoms with van der Waals surface area (Å²) < 4.78 is 11.3. The fourth-order valence-electron chi connectivity index (χ4n) is 4.78. The van der Waals surface area contributed by atoms with Crippen molar-refractivity contribution in [2.24, 2.45) is 11.7 Å². The van der Waals surface area contributed by atoms with Gasteiger partial charge < -0.3 is 25.0 Å². The molecular weight excluding hydrogens is 406 g/mol. The van der Waals surface area contributed by atoms with Gasteiger partial charge in [-0.05, 0) is 88.5 Å². The lowest BCUT2D eigenvalue weighted by Crippen LogP contribution is -2.49. The molecule has 0 radical (unpaired) electrons. The number of piperidine rings is 1. The molecule has 2 amide bonds. The molecule has 0 spiro atoms. The van der Waals surface area contributed by atoms with Gasteiger partial charge >= 0.3 is 6.09 Å². The van der Waals surface area contributed by atoms with Gasteiger partial charge in [-0.15, -0.1) is 0 Å². The first-order valence-corrected chi connectivity index (χ1v) is 11.8. The number of rotatable bonds is 5. The van der Waals surface area contributed by atoms with Gasteiger partial charge in [0.25, 0.3) is 0 Å². The number of benzene rings is 1. The van der Waals surface area contributed by atoms with Crippen LogP contribution in [0.1, 0.15) is 57.6 Å². The predicted molar refractivity (Wildman–Crippen MR) is 125 cm³/mol. The van der Waals surface area contributed by atoms with E-state index in [1.807, 2.05) is 36.6 Å². The minimum atomic E-state index is -0.544. The van der Waals surface area contributed by atoms with Crippen molar-refractivity contribution in [2.75, 3.05) is 33.3 Å². The number of methoxy groups -OCH3 is 1. The Balaban J connectivity index is 1.76. The van der Waals surface area contributed by atoms with E-state index in [-0.39, 0.29) is 24.6 Å². The molecule has 32 heavy (non-hydrogen) atoms. The maximum Gasteiger partial charge on any atom is 0.410 e. The summed E-state index contributed by atoms with van der Waals surface area (Å²) in [6.45, 7) is 7.85. The molecule has 1 heterocycles. The van der Waals surface area contributed by atoms with E-state index in [1.54, 1.807) is 7.11 Å². The van der Waals surface area contributed by atoms with Crippen LogP contribution >= 0.6 is 0 Å². The van der Waals surface area contributed by atoms with Crippen LogP contribution in [-0.4, -0.2) is 66.7 Å². The molecule has 1 aliphatic carbocycles. The van der Waals surface area contributed by atoms with Crippen LogP contribution in [0.15, 0.2) is 18.2 Å². The van der Waals surface area contributed by atoms with E-state index in [9.17, 15) is 9.59 Å². The molecule has 0 aromatic heterocycles. The molecule has 1 unspecified atom stereocenters. The fourth-order valence-corrected chi connectivity index (χ4v) is 4.78. The van der Waals surface area contributed by atoms with E-state index in [4.69, 9.17) is 15.2 Å². The number of fused-ring (bicyclic) bond motifs is 1. The van der Waals surface area contributed by atoms with E-state index in [0.717, 1.165) is 44.3 Å². The molecule has 1 atom stereocenters. The van der Waals surface area contributed by atoms with Crippen molar-refractivity contribution in [3.05, 3.63) is 29.3 Å². The molecule has 7 nitrogen and oxygen atoms in total. The second kappa shape index (κ2) is 10.6. The van der Waals surface area contributed by atoms with Crippen LogP contribution in [0.2, 0.25) is 0 Å². The number of ether oxygens (including phenoxy) is 2. The Morgan fingerprint density at radius 3 is 2.50 bits per heavy atom. The number of amides is 2. The Labute approximate surface area is 192 Å². The molecule has 2 N–H and O–H groups in total. The molecule has 0 saturated carbocycles. The van der Waals surface area contributed by atoms with Gasteiger partial charge in [0, 0.05) is 25.7 Å². The zero-order valence-electron chi connectivity index (χ0n) is 20.1. The second-order valence-corrected chi connectivity index (χ2v) is 10.0. The third-order valence-corrected chi connectivity index (χ3v) is 6.52. The molecule has 2 aliphatic rings. The van der Waals surface area contributed by atoms with Gasteiger partial charge in [-0.3, -0.25) is 4.79 Å². The number of aryl methyl sites for hydroxylation is 1. The molecule has 7 heteroatoms. The van der Waals surface area contributed by atoms with E-state index in [2.05, 4.69) is 12.1 Å². The summed E-state index contributed by atoms with van der Waals surface area (Å²) in [6.07, 6.45) is 5.31. The Morgan fingerprint density at radius 2 is 1.88 bits per heavy atom. The van der Waals surface area contributed by atoms with E-state index in [0.29, 0.717) is 25.6 Å². The second-order valence-electron chi connectivity index (χ2n) is 10.0. The average molecular weight is 446 g/mol. The largest absolute Gasteiger partial charge is 0.497 e. The Morgan fingerprint density at radius 1 is 1.16 bits per heavy atom. The molecule has 0 bridgehead atoms. The summed E-state index contributed by atoms with van der Waals surface area (Å²) in [4.78, 5) is 29.0. The molecule has 1 aromatic rings. The van der Waals surface area contributed by atoms with Crippen molar-refractivity contribution in [3.8, 4) is 5.75 Å². The summed E-state index contributed by atoms with van der Waals surface area (Å²) in [5, 5.41) is 0. The van der Waals surface area contributed by atoms with Gasteiger partial charge in [-0.25, -0.2) is 4.79 Å². The van der Waals surface area contributed by atoms with Crippen LogP contribution in [0.4, 0.5) is 4.79 Å². The third kappa shape index (κ3) is 6.37. The first kappa shape index (κ1) is 24.4. The highest BCUT2D eigenvalue weighted by Crippen LogP contribution is 2.30. The first-order valence-electron chi connectivity index (χ1n) is 11.8. The molecule has 1 aliphatic heterocycles. The summed E-state index contributed by atoms with van der Waals surface area (Å²) in [5.41, 5.74) is 7.57. The van der Waals surface area contributed by atoms with Crippen LogP contribution in [-0.2, 0) is 22.4 Å². The van der Waals surface area contributed by atoms with Gasteiger partial charge in [0.15, 0.2) is 0 Å². The molecule has 178 valence electrons. The summed E-state index contributed by atoms with van der Waals surface area (Å²) >= 11 is 0. The number of nitrogens with two attached hydrogens (primary N) is 1. The van der Waals surface area contributed by atoms with Crippen molar-refractivity contribution in [2.45, 2.75) is 70.9 Å². The quantitative estimate of drug-likeness (QED) is 0.703. The normalized spacial score (nSPS) is 19.7. The Bertz CT molecular complexity index is 797. The highest BCUT2D eigenvalue weighted by Gasteiger charge is 2.33. The average Bonchev–Trinajstić information content (AvgIpc) is 2.97. The Hall–Kier alpha value is -2.28.